The first kappa shape index (κ1) is 11.7. The van der Waals surface area contributed by atoms with Gasteiger partial charge in [-0.05, 0) is 18.4 Å². The molecule has 0 aliphatic rings. The van der Waals surface area contributed by atoms with E-state index in [4.69, 9.17) is 11.2 Å². The van der Waals surface area contributed by atoms with Crippen molar-refractivity contribution in [3.8, 4) is 18.1 Å². The van der Waals surface area contributed by atoms with E-state index in [1.807, 2.05) is 19.1 Å². The SMILES string of the molecule is C#Cc1cccc(C(C)(C)C)c1OCC. The Balaban J connectivity index is 3.33. The zero-order valence-electron chi connectivity index (χ0n) is 9.92. The van der Waals surface area contributed by atoms with Crippen molar-refractivity contribution in [1.82, 2.24) is 0 Å². The smallest absolute Gasteiger partial charge is 0.138 e. The maximum Gasteiger partial charge on any atom is 0.138 e. The molecule has 1 heteroatoms. The number of rotatable bonds is 2. The lowest BCUT2D eigenvalue weighted by molar-refractivity contribution is 0.329. The lowest BCUT2D eigenvalue weighted by atomic mass is 9.85. The molecular formula is C14H18O. The van der Waals surface area contributed by atoms with Gasteiger partial charge < -0.3 is 4.74 Å². The van der Waals surface area contributed by atoms with Crippen molar-refractivity contribution >= 4 is 0 Å². The second-order valence-corrected chi connectivity index (χ2v) is 4.51. The molecule has 1 aromatic carbocycles. The topological polar surface area (TPSA) is 9.23 Å². The largest absolute Gasteiger partial charge is 0.492 e. The van der Waals surface area contributed by atoms with Crippen LogP contribution in [0.3, 0.4) is 0 Å². The quantitative estimate of drug-likeness (QED) is 0.668. The molecule has 1 aromatic rings. The molecule has 0 aliphatic carbocycles. The summed E-state index contributed by atoms with van der Waals surface area (Å²) in [6.07, 6.45) is 5.46. The molecule has 0 aliphatic heterocycles. The molecule has 80 valence electrons. The van der Waals surface area contributed by atoms with E-state index in [0.717, 1.165) is 11.3 Å². The zero-order chi connectivity index (χ0) is 11.5. The van der Waals surface area contributed by atoms with Gasteiger partial charge in [0.1, 0.15) is 5.75 Å². The molecule has 1 nitrogen and oxygen atoms in total. The highest BCUT2D eigenvalue weighted by molar-refractivity contribution is 5.52. The lowest BCUT2D eigenvalue weighted by Crippen LogP contribution is -2.14. The highest BCUT2D eigenvalue weighted by Crippen LogP contribution is 2.33. The molecule has 0 bridgehead atoms. The third kappa shape index (κ3) is 2.53. The molecule has 0 unspecified atom stereocenters. The third-order valence-electron chi connectivity index (χ3n) is 2.27. The van der Waals surface area contributed by atoms with Crippen molar-refractivity contribution in [3.05, 3.63) is 29.3 Å². The van der Waals surface area contributed by atoms with Crippen LogP contribution in [0.4, 0.5) is 0 Å². The number of benzene rings is 1. The van der Waals surface area contributed by atoms with E-state index in [1.54, 1.807) is 0 Å². The van der Waals surface area contributed by atoms with Gasteiger partial charge in [-0.25, -0.2) is 0 Å². The molecule has 0 aromatic heterocycles. The van der Waals surface area contributed by atoms with E-state index in [0.29, 0.717) is 6.61 Å². The van der Waals surface area contributed by atoms with Gasteiger partial charge in [-0.3, -0.25) is 0 Å². The van der Waals surface area contributed by atoms with E-state index in [9.17, 15) is 0 Å². The predicted molar refractivity (Wildman–Crippen MR) is 64.2 cm³/mol. The standard InChI is InChI=1S/C14H18O/c1-6-11-9-8-10-12(14(3,4)5)13(11)15-7-2/h1,8-10H,7H2,2-5H3. The van der Waals surface area contributed by atoms with Crippen LogP contribution in [-0.4, -0.2) is 6.61 Å². The second-order valence-electron chi connectivity index (χ2n) is 4.51. The Morgan fingerprint density at radius 2 is 2.00 bits per heavy atom. The van der Waals surface area contributed by atoms with Crippen LogP contribution in [0.25, 0.3) is 0 Å². The highest BCUT2D eigenvalue weighted by atomic mass is 16.5. The van der Waals surface area contributed by atoms with Crippen molar-refractivity contribution in [1.29, 1.82) is 0 Å². The van der Waals surface area contributed by atoms with Crippen LogP contribution < -0.4 is 4.74 Å². The van der Waals surface area contributed by atoms with Gasteiger partial charge in [0.25, 0.3) is 0 Å². The number of ether oxygens (including phenoxy) is 1. The summed E-state index contributed by atoms with van der Waals surface area (Å²) in [4.78, 5) is 0. The first-order valence-corrected chi connectivity index (χ1v) is 5.23. The van der Waals surface area contributed by atoms with E-state index in [2.05, 4.69) is 32.8 Å². The molecule has 0 fully saturated rings. The number of terminal acetylenes is 1. The molecule has 0 spiro atoms. The monoisotopic (exact) mass is 202 g/mol. The van der Waals surface area contributed by atoms with Gasteiger partial charge in [-0.15, -0.1) is 6.42 Å². The Kier molecular flexibility index (Phi) is 3.42. The van der Waals surface area contributed by atoms with Crippen LogP contribution in [0, 0.1) is 12.3 Å². The van der Waals surface area contributed by atoms with Gasteiger partial charge >= 0.3 is 0 Å². The fraction of sp³-hybridized carbons (Fsp3) is 0.429. The Morgan fingerprint density at radius 1 is 1.33 bits per heavy atom. The van der Waals surface area contributed by atoms with E-state index in [1.165, 1.54) is 5.56 Å². The van der Waals surface area contributed by atoms with Crippen molar-refractivity contribution in [2.45, 2.75) is 33.1 Å². The van der Waals surface area contributed by atoms with Crippen LogP contribution in [0.15, 0.2) is 18.2 Å². The van der Waals surface area contributed by atoms with Crippen LogP contribution in [0.1, 0.15) is 38.8 Å². The highest BCUT2D eigenvalue weighted by Gasteiger charge is 2.20. The predicted octanol–water partition coefficient (Wildman–Crippen LogP) is 3.36. The molecule has 0 N–H and O–H groups in total. The summed E-state index contributed by atoms with van der Waals surface area (Å²) in [5.41, 5.74) is 2.06. The molecule has 0 amide bonds. The van der Waals surface area contributed by atoms with Gasteiger partial charge in [-0.1, -0.05) is 38.8 Å². The second kappa shape index (κ2) is 4.40. The molecule has 1 rings (SSSR count). The minimum absolute atomic E-state index is 0.0529. The van der Waals surface area contributed by atoms with Gasteiger partial charge in [0.05, 0.1) is 12.2 Å². The Bertz CT molecular complexity index is 377. The summed E-state index contributed by atoms with van der Waals surface area (Å²) < 4.78 is 5.64. The molecular weight excluding hydrogens is 184 g/mol. The summed E-state index contributed by atoms with van der Waals surface area (Å²) >= 11 is 0. The molecule has 0 radical (unpaired) electrons. The zero-order valence-corrected chi connectivity index (χ0v) is 9.92. The first-order valence-electron chi connectivity index (χ1n) is 5.23. The number of hydrogen-bond acceptors (Lipinski definition) is 1. The fourth-order valence-corrected chi connectivity index (χ4v) is 1.54. The van der Waals surface area contributed by atoms with Crippen molar-refractivity contribution in [3.63, 3.8) is 0 Å². The van der Waals surface area contributed by atoms with Gasteiger partial charge in [0.2, 0.25) is 0 Å². The maximum absolute atomic E-state index is 5.64. The summed E-state index contributed by atoms with van der Waals surface area (Å²) in [7, 11) is 0. The summed E-state index contributed by atoms with van der Waals surface area (Å²) in [5.74, 6) is 3.52. The Labute approximate surface area is 92.5 Å². The molecule has 0 saturated carbocycles. The minimum Gasteiger partial charge on any atom is -0.492 e. The molecule has 0 atom stereocenters. The summed E-state index contributed by atoms with van der Waals surface area (Å²) in [6, 6.07) is 5.98. The Hall–Kier alpha value is -1.42. The summed E-state index contributed by atoms with van der Waals surface area (Å²) in [6.45, 7) is 9.09. The molecule has 0 saturated heterocycles. The number of hydrogen-bond donors (Lipinski definition) is 0. The minimum atomic E-state index is 0.0529. The van der Waals surface area contributed by atoms with E-state index >= 15 is 0 Å². The Morgan fingerprint density at radius 3 is 2.47 bits per heavy atom. The number of para-hydroxylation sites is 1. The van der Waals surface area contributed by atoms with Gasteiger partial charge in [0.15, 0.2) is 0 Å². The van der Waals surface area contributed by atoms with Crippen LogP contribution >= 0.6 is 0 Å². The lowest BCUT2D eigenvalue weighted by Gasteiger charge is -2.23. The van der Waals surface area contributed by atoms with Crippen LogP contribution in [-0.2, 0) is 5.41 Å². The van der Waals surface area contributed by atoms with Gasteiger partial charge in [0, 0.05) is 5.56 Å². The average Bonchev–Trinajstić information content (AvgIpc) is 2.17. The fourth-order valence-electron chi connectivity index (χ4n) is 1.54. The first-order chi connectivity index (χ1) is 7.00. The molecule has 15 heavy (non-hydrogen) atoms. The van der Waals surface area contributed by atoms with Crippen molar-refractivity contribution in [2.24, 2.45) is 0 Å². The van der Waals surface area contributed by atoms with Gasteiger partial charge in [-0.2, -0.15) is 0 Å². The van der Waals surface area contributed by atoms with Crippen LogP contribution in [0.2, 0.25) is 0 Å². The van der Waals surface area contributed by atoms with E-state index < -0.39 is 0 Å². The normalized spacial score (nSPS) is 10.9. The summed E-state index contributed by atoms with van der Waals surface area (Å²) in [5, 5.41) is 0. The van der Waals surface area contributed by atoms with Crippen molar-refractivity contribution in [2.75, 3.05) is 6.61 Å². The average molecular weight is 202 g/mol. The third-order valence-corrected chi connectivity index (χ3v) is 2.27. The van der Waals surface area contributed by atoms with E-state index in [-0.39, 0.29) is 5.41 Å². The molecule has 0 heterocycles. The van der Waals surface area contributed by atoms with Crippen LogP contribution in [0.5, 0.6) is 5.75 Å². The van der Waals surface area contributed by atoms with Crippen molar-refractivity contribution < 1.29 is 4.74 Å². The maximum atomic E-state index is 5.64.